The molecule has 0 aromatic carbocycles. The molecule has 9 nitrogen and oxygen atoms in total. The molecule has 1 saturated heterocycles. The number of nitrogens with zero attached hydrogens (tertiary/aromatic N) is 5. The number of rotatable bonds is 3. The number of hydrogen-bond donors (Lipinski definition) is 2. The van der Waals surface area contributed by atoms with Gasteiger partial charge in [-0.15, -0.1) is 11.3 Å². The van der Waals surface area contributed by atoms with E-state index >= 15 is 0 Å². The van der Waals surface area contributed by atoms with Crippen molar-refractivity contribution in [2.24, 2.45) is 23.7 Å². The van der Waals surface area contributed by atoms with Gasteiger partial charge in [-0.3, -0.25) is 4.79 Å². The Morgan fingerprint density at radius 1 is 1.54 bits per heavy atom. The van der Waals surface area contributed by atoms with Crippen molar-refractivity contribution in [1.29, 1.82) is 0 Å². The van der Waals surface area contributed by atoms with Gasteiger partial charge in [-0.1, -0.05) is 11.8 Å². The minimum atomic E-state index is -0.569. The summed E-state index contributed by atoms with van der Waals surface area (Å²) in [6.45, 7) is 2.52. The molecule has 2 aromatic rings. The molecule has 4 heterocycles. The third-order valence-corrected chi connectivity index (χ3v) is 6.62. The lowest BCUT2D eigenvalue weighted by Crippen LogP contribution is -2.49. The molecular formula is C15H19N7O2S2. The third-order valence-electron chi connectivity index (χ3n) is 4.65. The zero-order valence-corrected chi connectivity index (χ0v) is 16.0. The van der Waals surface area contributed by atoms with E-state index in [2.05, 4.69) is 27.3 Å². The highest BCUT2D eigenvalue weighted by Gasteiger charge is 2.49. The zero-order valence-electron chi connectivity index (χ0n) is 14.4. The highest BCUT2D eigenvalue weighted by Crippen LogP contribution is 2.46. The summed E-state index contributed by atoms with van der Waals surface area (Å²) in [6.07, 6.45) is 2.44. The second-order valence-electron chi connectivity index (χ2n) is 6.44. The minimum Gasteiger partial charge on any atom is -0.379 e. The Morgan fingerprint density at radius 3 is 3.15 bits per heavy atom. The van der Waals surface area contributed by atoms with Crippen LogP contribution in [0.5, 0.6) is 0 Å². The van der Waals surface area contributed by atoms with Gasteiger partial charge in [-0.25, -0.2) is 19.6 Å². The highest BCUT2D eigenvalue weighted by molar-refractivity contribution is 8.13. The van der Waals surface area contributed by atoms with Crippen LogP contribution in [-0.4, -0.2) is 49.3 Å². The second kappa shape index (κ2) is 6.63. The zero-order chi connectivity index (χ0) is 18.3. The Kier molecular flexibility index (Phi) is 4.45. The molecule has 0 spiro atoms. The molecule has 0 aliphatic carbocycles. The molecule has 3 N–H and O–H groups in total. The van der Waals surface area contributed by atoms with Crippen molar-refractivity contribution >= 4 is 40.0 Å². The molecule has 3 unspecified atom stereocenters. The maximum atomic E-state index is 12.3. The van der Waals surface area contributed by atoms with Gasteiger partial charge in [0.25, 0.3) is 5.91 Å². The first-order chi connectivity index (χ1) is 12.5. The Labute approximate surface area is 158 Å². The monoisotopic (exact) mass is 393 g/mol. The lowest BCUT2D eigenvalue weighted by molar-refractivity contribution is -0.0466. The van der Waals surface area contributed by atoms with Crippen molar-refractivity contribution in [2.75, 3.05) is 17.7 Å². The number of thioether (sulfide) groups is 1. The largest absolute Gasteiger partial charge is 0.379 e. The lowest BCUT2D eigenvalue weighted by Gasteiger charge is -2.44. The van der Waals surface area contributed by atoms with Gasteiger partial charge in [0.2, 0.25) is 5.82 Å². The van der Waals surface area contributed by atoms with Crippen molar-refractivity contribution in [1.82, 2.24) is 19.7 Å². The van der Waals surface area contributed by atoms with E-state index in [1.807, 2.05) is 0 Å². The number of ether oxygens (including phenoxy) is 1. The molecule has 3 atom stereocenters. The number of nitrogens with one attached hydrogen (secondary N) is 1. The summed E-state index contributed by atoms with van der Waals surface area (Å²) in [4.78, 5) is 25.6. The van der Waals surface area contributed by atoms with E-state index in [4.69, 9.17) is 15.5 Å². The second-order valence-corrected chi connectivity index (χ2v) is 8.34. The number of nitrogens with two attached hydrogens (primary N) is 1. The summed E-state index contributed by atoms with van der Waals surface area (Å²) in [7, 11) is 1.66. The fourth-order valence-corrected chi connectivity index (χ4v) is 5.26. The van der Waals surface area contributed by atoms with Crippen molar-refractivity contribution in [3.05, 3.63) is 22.5 Å². The van der Waals surface area contributed by atoms with Crippen molar-refractivity contribution in [3.8, 4) is 0 Å². The summed E-state index contributed by atoms with van der Waals surface area (Å²) >= 11 is 3.04. The minimum absolute atomic E-state index is 0.193. The molecular weight excluding hydrogens is 374 g/mol. The first-order valence-corrected chi connectivity index (χ1v) is 10.1. The Morgan fingerprint density at radius 2 is 2.38 bits per heavy atom. The molecule has 0 bridgehead atoms. The molecule has 0 saturated carbocycles. The van der Waals surface area contributed by atoms with E-state index in [0.717, 1.165) is 17.2 Å². The Hall–Kier alpha value is -1.98. The SMILES string of the molecule is CC1CC2CSC(N)=NC2(c2nc(NC(=O)c3ncnn3C)cs2)CO1. The molecule has 26 heavy (non-hydrogen) atoms. The van der Waals surface area contributed by atoms with Crippen molar-refractivity contribution in [2.45, 2.75) is 25.0 Å². The van der Waals surface area contributed by atoms with Crippen LogP contribution in [0.2, 0.25) is 0 Å². The molecule has 2 aliphatic rings. The first kappa shape index (κ1) is 17.4. The van der Waals surface area contributed by atoms with Gasteiger partial charge in [-0.2, -0.15) is 5.10 Å². The number of amidine groups is 1. The number of aromatic nitrogens is 4. The standard InChI is InChI=1S/C15H19N7O2S2/c1-8-3-9-4-26-14(16)21-15(9,6-24-8)13-20-10(5-25-13)19-12(23)11-17-7-18-22(11)2/h5,7-9H,3-4,6H2,1-2H3,(H2,16,21)(H,19,23). The average Bonchev–Trinajstić information content (AvgIpc) is 3.24. The summed E-state index contributed by atoms with van der Waals surface area (Å²) < 4.78 is 7.32. The Bertz CT molecular complexity index is 864. The van der Waals surface area contributed by atoms with E-state index in [1.54, 1.807) is 24.2 Å². The van der Waals surface area contributed by atoms with E-state index < -0.39 is 5.54 Å². The number of amides is 1. The molecule has 2 aliphatic heterocycles. The molecule has 1 fully saturated rings. The molecule has 0 radical (unpaired) electrons. The van der Waals surface area contributed by atoms with Crippen LogP contribution in [0.3, 0.4) is 0 Å². The fraction of sp³-hybridized carbons (Fsp3) is 0.533. The van der Waals surface area contributed by atoms with Crippen LogP contribution in [0.25, 0.3) is 0 Å². The van der Waals surface area contributed by atoms with E-state index in [0.29, 0.717) is 23.5 Å². The summed E-state index contributed by atoms with van der Waals surface area (Å²) in [5.41, 5.74) is 5.44. The molecule has 4 rings (SSSR count). The van der Waals surface area contributed by atoms with Gasteiger partial charge >= 0.3 is 0 Å². The topological polar surface area (TPSA) is 120 Å². The predicted octanol–water partition coefficient (Wildman–Crippen LogP) is 1.21. The van der Waals surface area contributed by atoms with Crippen LogP contribution in [0.15, 0.2) is 16.7 Å². The summed E-state index contributed by atoms with van der Waals surface area (Å²) in [6, 6.07) is 0. The van der Waals surface area contributed by atoms with Crippen molar-refractivity contribution < 1.29 is 9.53 Å². The summed E-state index contributed by atoms with van der Waals surface area (Å²) in [5, 5.41) is 9.84. The van der Waals surface area contributed by atoms with Crippen LogP contribution in [0.1, 0.15) is 29.0 Å². The van der Waals surface area contributed by atoms with Gasteiger partial charge in [0.1, 0.15) is 22.7 Å². The van der Waals surface area contributed by atoms with Crippen molar-refractivity contribution in [3.63, 3.8) is 0 Å². The van der Waals surface area contributed by atoms with Crippen LogP contribution in [0, 0.1) is 5.92 Å². The lowest BCUT2D eigenvalue weighted by atomic mass is 9.80. The molecule has 138 valence electrons. The van der Waals surface area contributed by atoms with Gasteiger partial charge in [0.15, 0.2) is 5.17 Å². The number of carbonyl (C=O) groups excluding carboxylic acids is 1. The molecule has 11 heteroatoms. The number of aliphatic imine (C=N–C) groups is 1. The first-order valence-electron chi connectivity index (χ1n) is 8.19. The molecule has 2 aromatic heterocycles. The number of anilines is 1. The normalized spacial score (nSPS) is 28.3. The number of hydrogen-bond acceptors (Lipinski definition) is 9. The van der Waals surface area contributed by atoms with Gasteiger partial charge in [-0.05, 0) is 13.3 Å². The van der Waals surface area contributed by atoms with Crippen LogP contribution in [-0.2, 0) is 17.3 Å². The van der Waals surface area contributed by atoms with Crippen LogP contribution in [0.4, 0.5) is 5.82 Å². The third kappa shape index (κ3) is 2.99. The quantitative estimate of drug-likeness (QED) is 0.804. The van der Waals surface area contributed by atoms with E-state index in [-0.39, 0.29) is 17.8 Å². The fourth-order valence-electron chi connectivity index (χ4n) is 3.28. The molecule has 1 amide bonds. The number of carbonyl (C=O) groups is 1. The maximum Gasteiger partial charge on any atom is 0.294 e. The van der Waals surface area contributed by atoms with Crippen LogP contribution < -0.4 is 11.1 Å². The predicted molar refractivity (Wildman–Crippen MR) is 100 cm³/mol. The maximum absolute atomic E-state index is 12.3. The number of thiazole rings is 1. The number of fused-ring (bicyclic) bond motifs is 1. The highest BCUT2D eigenvalue weighted by atomic mass is 32.2. The van der Waals surface area contributed by atoms with Gasteiger partial charge in [0.05, 0.1) is 12.7 Å². The van der Waals surface area contributed by atoms with E-state index in [1.165, 1.54) is 22.3 Å². The Balaban J connectivity index is 1.61. The average molecular weight is 393 g/mol. The number of aryl methyl sites for hydroxylation is 1. The summed E-state index contributed by atoms with van der Waals surface area (Å²) in [5.74, 6) is 1.53. The van der Waals surface area contributed by atoms with Gasteiger partial charge < -0.3 is 15.8 Å². The van der Waals surface area contributed by atoms with Crippen LogP contribution >= 0.6 is 23.1 Å². The smallest absolute Gasteiger partial charge is 0.294 e. The van der Waals surface area contributed by atoms with Gasteiger partial charge in [0, 0.05) is 24.1 Å². The van der Waals surface area contributed by atoms with E-state index in [9.17, 15) is 4.79 Å².